The maximum Gasteiger partial charge on any atom is 0.150 e. The summed E-state index contributed by atoms with van der Waals surface area (Å²) in [4.78, 5) is 10.0. The zero-order valence-corrected chi connectivity index (χ0v) is 14.8. The molecule has 0 saturated carbocycles. The van der Waals surface area contributed by atoms with Crippen LogP contribution in [-0.2, 0) is 12.8 Å². The van der Waals surface area contributed by atoms with Gasteiger partial charge in [0.2, 0.25) is 0 Å². The minimum Gasteiger partial charge on any atom is -0.298 e. The highest BCUT2D eigenvalue weighted by Gasteiger charge is 2.13. The first kappa shape index (κ1) is 16.5. The van der Waals surface area contributed by atoms with Gasteiger partial charge in [0.1, 0.15) is 6.29 Å². The average Bonchev–Trinajstić information content (AvgIpc) is 2.74. The van der Waals surface area contributed by atoms with E-state index in [0.29, 0.717) is 0 Å². The lowest BCUT2D eigenvalue weighted by atomic mass is 9.87. The van der Waals surface area contributed by atoms with E-state index in [1.165, 1.54) is 52.0 Å². The summed E-state index contributed by atoms with van der Waals surface area (Å²) in [5.74, 6) is 0. The van der Waals surface area contributed by atoms with Crippen molar-refractivity contribution in [3.8, 4) is 11.1 Å². The fourth-order valence-corrected chi connectivity index (χ4v) is 3.84. The van der Waals surface area contributed by atoms with E-state index in [2.05, 4.69) is 48.6 Å². The first-order valence-corrected chi connectivity index (χ1v) is 9.27. The Hall–Kier alpha value is -2.93. The number of benzene rings is 3. The number of carbonyl (C=O) groups excluding carboxylic acids is 1. The molecule has 2 aliphatic rings. The van der Waals surface area contributed by atoms with Crippen molar-refractivity contribution in [1.82, 2.24) is 0 Å². The lowest BCUT2D eigenvalue weighted by Gasteiger charge is -2.17. The number of fused-ring (bicyclic) bond motifs is 5. The van der Waals surface area contributed by atoms with Gasteiger partial charge >= 0.3 is 0 Å². The summed E-state index contributed by atoms with van der Waals surface area (Å²) in [6.07, 6.45) is 10.5. The third kappa shape index (κ3) is 3.25. The van der Waals surface area contributed by atoms with Crippen LogP contribution in [0.25, 0.3) is 23.3 Å². The summed E-state index contributed by atoms with van der Waals surface area (Å²) in [6, 6.07) is 22.6. The SMILES string of the molecule is C1=c2c(ccc3c2=CCc2ccccc2-3)CCC1.O=Cc1ccccc1. The fourth-order valence-electron chi connectivity index (χ4n) is 3.84. The monoisotopic (exact) mass is 338 g/mol. The highest BCUT2D eigenvalue weighted by Crippen LogP contribution is 2.24. The molecule has 0 N–H and O–H groups in total. The molecule has 0 unspecified atom stereocenters. The smallest absolute Gasteiger partial charge is 0.150 e. The zero-order chi connectivity index (χ0) is 17.8. The summed E-state index contributed by atoms with van der Waals surface area (Å²) in [7, 11) is 0. The molecule has 0 saturated heterocycles. The fraction of sp³-hybridized carbons (Fsp3) is 0.160. The van der Waals surface area contributed by atoms with Crippen LogP contribution in [0.3, 0.4) is 0 Å². The Morgan fingerprint density at radius 3 is 2.31 bits per heavy atom. The second kappa shape index (κ2) is 7.53. The molecule has 26 heavy (non-hydrogen) atoms. The topological polar surface area (TPSA) is 17.1 Å². The van der Waals surface area contributed by atoms with E-state index in [1.54, 1.807) is 12.1 Å². The Bertz CT molecular complexity index is 1050. The molecule has 0 spiro atoms. The molecule has 0 amide bonds. The van der Waals surface area contributed by atoms with Crippen LogP contribution in [0.2, 0.25) is 0 Å². The third-order valence-electron chi connectivity index (χ3n) is 5.15. The van der Waals surface area contributed by atoms with Crippen LogP contribution in [0.5, 0.6) is 0 Å². The molecule has 0 radical (unpaired) electrons. The highest BCUT2D eigenvalue weighted by molar-refractivity contribution is 5.74. The molecule has 0 fully saturated rings. The van der Waals surface area contributed by atoms with Crippen molar-refractivity contribution in [3.63, 3.8) is 0 Å². The zero-order valence-electron chi connectivity index (χ0n) is 14.8. The van der Waals surface area contributed by atoms with Crippen molar-refractivity contribution < 1.29 is 4.79 Å². The largest absolute Gasteiger partial charge is 0.298 e. The van der Waals surface area contributed by atoms with Crippen molar-refractivity contribution in [2.75, 3.05) is 0 Å². The first-order chi connectivity index (χ1) is 12.9. The molecule has 0 atom stereocenters. The first-order valence-electron chi connectivity index (χ1n) is 9.27. The Balaban J connectivity index is 0.000000178. The predicted molar refractivity (Wildman–Crippen MR) is 109 cm³/mol. The van der Waals surface area contributed by atoms with Crippen molar-refractivity contribution in [2.45, 2.75) is 25.7 Å². The van der Waals surface area contributed by atoms with Crippen LogP contribution in [0.4, 0.5) is 0 Å². The Labute approximate surface area is 154 Å². The van der Waals surface area contributed by atoms with E-state index in [-0.39, 0.29) is 0 Å². The molecule has 1 nitrogen and oxygen atoms in total. The third-order valence-corrected chi connectivity index (χ3v) is 5.15. The van der Waals surface area contributed by atoms with Crippen LogP contribution in [0, 0.1) is 0 Å². The minimum absolute atomic E-state index is 0.729. The predicted octanol–water partition coefficient (Wildman–Crippen LogP) is 4.31. The lowest BCUT2D eigenvalue weighted by molar-refractivity contribution is 0.112. The number of carbonyl (C=O) groups is 1. The van der Waals surface area contributed by atoms with E-state index in [4.69, 9.17) is 0 Å². The molecule has 2 aliphatic carbocycles. The Morgan fingerprint density at radius 2 is 1.50 bits per heavy atom. The van der Waals surface area contributed by atoms with E-state index in [0.717, 1.165) is 18.3 Å². The number of hydrogen-bond donors (Lipinski definition) is 0. The van der Waals surface area contributed by atoms with Crippen LogP contribution in [0.1, 0.15) is 34.3 Å². The van der Waals surface area contributed by atoms with Crippen LogP contribution < -0.4 is 10.4 Å². The van der Waals surface area contributed by atoms with E-state index in [9.17, 15) is 4.79 Å². The van der Waals surface area contributed by atoms with Gasteiger partial charge in [-0.1, -0.05) is 78.9 Å². The van der Waals surface area contributed by atoms with Gasteiger partial charge in [0.25, 0.3) is 0 Å². The van der Waals surface area contributed by atoms with Crippen molar-refractivity contribution in [1.29, 1.82) is 0 Å². The van der Waals surface area contributed by atoms with Crippen molar-refractivity contribution in [3.05, 3.63) is 93.9 Å². The molecular formula is C25H22O. The highest BCUT2D eigenvalue weighted by atomic mass is 16.1. The maximum absolute atomic E-state index is 10.0. The lowest BCUT2D eigenvalue weighted by Crippen LogP contribution is -2.33. The van der Waals surface area contributed by atoms with Crippen LogP contribution in [0.15, 0.2) is 66.7 Å². The quantitative estimate of drug-likeness (QED) is 0.605. The van der Waals surface area contributed by atoms with Gasteiger partial charge in [-0.25, -0.2) is 0 Å². The second-order valence-electron chi connectivity index (χ2n) is 6.79. The average molecular weight is 338 g/mol. The van der Waals surface area contributed by atoms with Gasteiger partial charge in [-0.2, -0.15) is 0 Å². The molecule has 128 valence electrons. The van der Waals surface area contributed by atoms with Gasteiger partial charge in [-0.3, -0.25) is 4.79 Å². The summed E-state index contributed by atoms with van der Waals surface area (Å²) >= 11 is 0. The van der Waals surface area contributed by atoms with Gasteiger partial charge in [0, 0.05) is 5.56 Å². The maximum atomic E-state index is 10.0. The molecule has 3 aromatic carbocycles. The van der Waals surface area contributed by atoms with Crippen LogP contribution >= 0.6 is 0 Å². The molecule has 0 aromatic heterocycles. The summed E-state index contributed by atoms with van der Waals surface area (Å²) in [5.41, 5.74) is 6.58. The number of rotatable bonds is 1. The summed E-state index contributed by atoms with van der Waals surface area (Å²) in [5, 5.41) is 2.99. The Morgan fingerprint density at radius 1 is 0.692 bits per heavy atom. The Kier molecular flexibility index (Phi) is 4.79. The van der Waals surface area contributed by atoms with E-state index in [1.807, 2.05) is 18.2 Å². The normalized spacial score (nSPS) is 13.5. The van der Waals surface area contributed by atoms with Gasteiger partial charge < -0.3 is 0 Å². The van der Waals surface area contributed by atoms with Crippen molar-refractivity contribution >= 4 is 18.4 Å². The van der Waals surface area contributed by atoms with E-state index >= 15 is 0 Å². The second-order valence-corrected chi connectivity index (χ2v) is 6.79. The molecule has 3 aromatic rings. The minimum atomic E-state index is 0.729. The molecule has 0 aliphatic heterocycles. The molecule has 1 heteroatoms. The molecule has 0 heterocycles. The number of hydrogen-bond acceptors (Lipinski definition) is 1. The van der Waals surface area contributed by atoms with E-state index < -0.39 is 0 Å². The summed E-state index contributed by atoms with van der Waals surface area (Å²) in [6.45, 7) is 0. The molecular weight excluding hydrogens is 316 g/mol. The van der Waals surface area contributed by atoms with Crippen LogP contribution in [-0.4, -0.2) is 6.29 Å². The van der Waals surface area contributed by atoms with Gasteiger partial charge in [-0.05, 0) is 58.4 Å². The number of aldehydes is 1. The standard InChI is InChI=1S/C18H16.C7H6O/c1-3-7-15-13(5-1)9-11-18-16-8-4-2-6-14(16)10-12-17(15)18;8-6-7-4-2-1-3-5-7/h1,3,5,7-8,10-12H,2,4,6,9H2;1-6H. The van der Waals surface area contributed by atoms with Crippen molar-refractivity contribution in [2.24, 2.45) is 0 Å². The summed E-state index contributed by atoms with van der Waals surface area (Å²) < 4.78 is 0. The van der Waals surface area contributed by atoms with Gasteiger partial charge in [0.05, 0.1) is 0 Å². The number of aryl methyl sites for hydroxylation is 1. The molecule has 0 bridgehead atoms. The van der Waals surface area contributed by atoms with Gasteiger partial charge in [-0.15, -0.1) is 0 Å². The molecule has 5 rings (SSSR count). The van der Waals surface area contributed by atoms with Gasteiger partial charge in [0.15, 0.2) is 0 Å².